The number of piperidine rings is 1. The number of carbonyl (C=O) groups excluding carboxylic acids is 4. The number of methoxy groups -OCH3 is 2. The highest BCUT2D eigenvalue weighted by Gasteiger charge is 2.27. The number of fused-ring (bicyclic) bond motifs is 3. The average Bonchev–Trinajstić information content (AvgIpc) is 1.44. The quantitative estimate of drug-likeness (QED) is 0.0374. The Balaban J connectivity index is 0.000000154. The molecule has 9 aromatic carbocycles. The van der Waals surface area contributed by atoms with E-state index in [-0.39, 0.29) is 34.2 Å². The van der Waals surface area contributed by atoms with Crippen LogP contribution in [0.2, 0.25) is 0 Å². The molecule has 0 radical (unpaired) electrons. The molecule has 0 atom stereocenters. The van der Waals surface area contributed by atoms with Crippen LogP contribution in [-0.4, -0.2) is 143 Å². The summed E-state index contributed by atoms with van der Waals surface area (Å²) in [4.78, 5) is 73.7. The van der Waals surface area contributed by atoms with Crippen LogP contribution in [0.5, 0.6) is 11.5 Å². The van der Waals surface area contributed by atoms with Gasteiger partial charge < -0.3 is 50.8 Å². The molecule has 3 saturated heterocycles. The van der Waals surface area contributed by atoms with Crippen molar-refractivity contribution in [2.75, 3.05) is 117 Å². The molecule has 7 amide bonds. The number of aryl methyl sites for hydroxylation is 1. The SMILES string of the molecule is CCC(=O)Nc1cc(C(C)(C)C)cc(NC(=O)Nc2ccc(-c3ccc(CN4CCOCC4)nc3)c3ccccc23)c1OC.COc1ccc(C(C)(C)C)cc1NC(=O)Nc1ccc(-c2ccc(CN3CCCCC3)nc2)c2ccccc12.Cc1ccc(-n2nc(C(C)(C)C)cc2NC(=O)Nc2ccc(-c3ccc(CN4CCOCC4)nc3)c3ccccc23)cc1. The third kappa shape index (κ3) is 22.6. The van der Waals surface area contributed by atoms with Gasteiger partial charge in [-0.1, -0.05) is 209 Å². The molecule has 23 nitrogen and oxygen atoms in total. The van der Waals surface area contributed by atoms with Crippen molar-refractivity contribution in [2.45, 2.75) is 138 Å². The number of ether oxygens (including phenoxy) is 4. The van der Waals surface area contributed by atoms with Gasteiger partial charge in [-0.15, -0.1) is 0 Å². The average molecular weight is 1690 g/mol. The van der Waals surface area contributed by atoms with Crippen molar-refractivity contribution < 1.29 is 38.1 Å². The Labute approximate surface area is 739 Å². The number of carbonyl (C=O) groups is 4. The van der Waals surface area contributed by atoms with E-state index >= 15 is 0 Å². The minimum absolute atomic E-state index is 0.0498. The number of rotatable bonds is 20. The van der Waals surface area contributed by atoms with Crippen molar-refractivity contribution in [1.29, 1.82) is 0 Å². The first kappa shape index (κ1) is 89.4. The Morgan fingerprint density at radius 3 is 1.18 bits per heavy atom. The number of hydrogen-bond acceptors (Lipinski definition) is 15. The summed E-state index contributed by atoms with van der Waals surface area (Å²) < 4.78 is 23.9. The molecule has 23 heteroatoms. The minimum Gasteiger partial charge on any atom is -0.495 e. The second-order valence-corrected chi connectivity index (χ2v) is 35.4. The van der Waals surface area contributed by atoms with Crippen molar-refractivity contribution in [3.63, 3.8) is 0 Å². The molecule has 0 bridgehead atoms. The number of pyridine rings is 3. The highest BCUT2D eigenvalue weighted by Crippen LogP contribution is 2.42. The molecular formula is C103H117N15O8. The molecule has 652 valence electrons. The van der Waals surface area contributed by atoms with Gasteiger partial charge in [-0.3, -0.25) is 39.8 Å². The van der Waals surface area contributed by atoms with Crippen molar-refractivity contribution in [3.05, 3.63) is 264 Å². The van der Waals surface area contributed by atoms with Gasteiger partial charge in [0.1, 0.15) is 11.6 Å². The third-order valence-corrected chi connectivity index (χ3v) is 23.1. The number of aromatic nitrogens is 5. The maximum absolute atomic E-state index is 13.4. The largest absolute Gasteiger partial charge is 0.495 e. The summed E-state index contributed by atoms with van der Waals surface area (Å²) in [6.07, 6.45) is 10.0. The van der Waals surface area contributed by atoms with E-state index in [0.29, 0.717) is 46.5 Å². The summed E-state index contributed by atoms with van der Waals surface area (Å²) in [6.45, 7) is 34.4. The molecule has 126 heavy (non-hydrogen) atoms. The zero-order valence-electron chi connectivity index (χ0n) is 74.7. The Bertz CT molecular complexity index is 5980. The summed E-state index contributed by atoms with van der Waals surface area (Å²) in [6, 6.07) is 67.5. The van der Waals surface area contributed by atoms with E-state index in [4.69, 9.17) is 39.0 Å². The van der Waals surface area contributed by atoms with E-state index in [9.17, 15) is 19.2 Å². The Kier molecular flexibility index (Phi) is 28.6. The van der Waals surface area contributed by atoms with E-state index in [1.807, 2.05) is 177 Å². The van der Waals surface area contributed by atoms with E-state index in [0.717, 1.165) is 208 Å². The molecule has 13 aromatic rings. The molecule has 16 rings (SSSR count). The number of morpholine rings is 2. The van der Waals surface area contributed by atoms with E-state index in [2.05, 4.69) is 169 Å². The van der Waals surface area contributed by atoms with Crippen molar-refractivity contribution in [1.82, 2.24) is 39.4 Å². The Morgan fingerprint density at radius 1 is 0.389 bits per heavy atom. The lowest BCUT2D eigenvalue weighted by molar-refractivity contribution is -0.115. The van der Waals surface area contributed by atoms with Crippen LogP contribution in [0.1, 0.15) is 134 Å². The van der Waals surface area contributed by atoms with Crippen molar-refractivity contribution >= 4 is 96.3 Å². The standard InChI is InChI=1S/C35H38N6O2.C35H41N5O4.C33H38N4O2/c1-24-9-13-27(14-10-24)41-33(21-32(39-41)35(2,3)4)38-34(42)37-31-16-15-28(29-7-5-6-8-30(29)31)25-11-12-26(36-22-25)23-40-17-19-43-20-18-40;1-6-32(41)37-30-19-24(35(2,3)4)20-31(33(30)43-5)39-34(42)38-29-14-13-26(27-9-7-8-10-28(27)29)23-11-12-25(36-21-23)22-40-15-17-44-18-16-40;1-33(2,3)24-13-17-31(39-4)30(20-24)36-32(38)35-29-16-15-26(27-10-6-7-11-28(27)29)23-12-14-25(34-21-23)22-37-18-8-5-9-19-37/h5-16,21-22H,17-20,23H2,1-4H3,(H2,37,38,42);7-14,19-21H,6,15-18,22H2,1-5H3,(H,37,41)(H2,38,39,42);6-7,10-17,20-21H,5,8-9,18-19,22H2,1-4H3,(H2,35,36,38). The first-order chi connectivity index (χ1) is 60.7. The zero-order chi connectivity index (χ0) is 88.7. The Hall–Kier alpha value is -12.9. The fourth-order valence-corrected chi connectivity index (χ4v) is 15.9. The summed E-state index contributed by atoms with van der Waals surface area (Å²) in [5.41, 5.74) is 17.8. The maximum atomic E-state index is 13.4. The number of nitrogens with zero attached hydrogens (tertiary/aromatic N) is 8. The summed E-state index contributed by atoms with van der Waals surface area (Å²) in [7, 11) is 3.13. The molecular weight excluding hydrogens is 1580 g/mol. The topological polar surface area (TPSA) is 256 Å². The zero-order valence-corrected chi connectivity index (χ0v) is 74.7. The molecule has 7 heterocycles. The highest BCUT2D eigenvalue weighted by molar-refractivity contribution is 6.13. The first-order valence-corrected chi connectivity index (χ1v) is 43.6. The molecule has 3 fully saturated rings. The van der Waals surface area contributed by atoms with Crippen molar-refractivity contribution in [3.8, 4) is 50.6 Å². The van der Waals surface area contributed by atoms with Gasteiger partial charge in [0.25, 0.3) is 0 Å². The van der Waals surface area contributed by atoms with Crippen molar-refractivity contribution in [2.24, 2.45) is 0 Å². The molecule has 0 spiro atoms. The molecule has 0 unspecified atom stereocenters. The number of anilines is 7. The second kappa shape index (κ2) is 40.4. The van der Waals surface area contributed by atoms with Gasteiger partial charge in [0.2, 0.25) is 5.91 Å². The van der Waals surface area contributed by atoms with Gasteiger partial charge >= 0.3 is 18.1 Å². The summed E-state index contributed by atoms with van der Waals surface area (Å²) in [5, 5.41) is 31.8. The summed E-state index contributed by atoms with van der Waals surface area (Å²) in [5.74, 6) is 1.48. The van der Waals surface area contributed by atoms with Gasteiger partial charge in [-0.05, 0) is 160 Å². The van der Waals surface area contributed by atoms with Crippen LogP contribution in [0.25, 0.3) is 71.4 Å². The van der Waals surface area contributed by atoms with Gasteiger partial charge in [0.05, 0.1) is 103 Å². The number of amides is 7. The predicted octanol–water partition coefficient (Wildman–Crippen LogP) is 22.0. The number of benzene rings is 9. The number of likely N-dealkylation sites (tertiary alicyclic amines) is 1. The van der Waals surface area contributed by atoms with Crippen LogP contribution in [0.4, 0.5) is 54.3 Å². The van der Waals surface area contributed by atoms with Gasteiger partial charge in [-0.2, -0.15) is 5.10 Å². The van der Waals surface area contributed by atoms with Crippen LogP contribution in [0.15, 0.2) is 225 Å². The fourth-order valence-electron chi connectivity index (χ4n) is 15.9. The number of urea groups is 3. The molecule has 0 saturated carbocycles. The smallest absolute Gasteiger partial charge is 0.324 e. The first-order valence-electron chi connectivity index (χ1n) is 43.6. The van der Waals surface area contributed by atoms with Crippen LogP contribution >= 0.6 is 0 Å². The molecule has 7 N–H and O–H groups in total. The molecule has 4 aromatic heterocycles. The van der Waals surface area contributed by atoms with E-state index < -0.39 is 6.03 Å². The number of nitrogens with one attached hydrogen (secondary N) is 7. The van der Waals surface area contributed by atoms with Gasteiger partial charge in [0.15, 0.2) is 5.75 Å². The van der Waals surface area contributed by atoms with E-state index in [1.54, 1.807) is 18.7 Å². The van der Waals surface area contributed by atoms with Crippen LogP contribution in [0, 0.1) is 6.92 Å². The van der Waals surface area contributed by atoms with Crippen LogP contribution in [0.3, 0.4) is 0 Å². The van der Waals surface area contributed by atoms with Gasteiger partial charge in [0, 0.05) is 115 Å². The van der Waals surface area contributed by atoms with Crippen LogP contribution < -0.4 is 46.7 Å². The number of hydrogen-bond donors (Lipinski definition) is 7. The third-order valence-electron chi connectivity index (χ3n) is 23.1. The lowest BCUT2D eigenvalue weighted by Gasteiger charge is -2.26. The normalized spacial score (nSPS) is 14.1. The van der Waals surface area contributed by atoms with E-state index in [1.165, 1.54) is 26.4 Å². The van der Waals surface area contributed by atoms with Gasteiger partial charge in [-0.25, -0.2) is 19.1 Å². The minimum atomic E-state index is -0.422. The summed E-state index contributed by atoms with van der Waals surface area (Å²) >= 11 is 0. The molecule has 3 aliphatic rings. The lowest BCUT2D eigenvalue weighted by Crippen LogP contribution is -2.35. The lowest BCUT2D eigenvalue weighted by atomic mass is 9.86. The monoisotopic (exact) mass is 1690 g/mol. The highest BCUT2D eigenvalue weighted by atomic mass is 16.5. The predicted molar refractivity (Wildman–Crippen MR) is 510 cm³/mol. The Morgan fingerprint density at radius 2 is 0.786 bits per heavy atom. The molecule has 3 aliphatic heterocycles. The maximum Gasteiger partial charge on any atom is 0.324 e. The molecule has 0 aliphatic carbocycles. The van der Waals surface area contributed by atoms with Crippen LogP contribution in [-0.2, 0) is 50.1 Å². The second-order valence-electron chi connectivity index (χ2n) is 35.4. The fraction of sp³-hybridized carbons (Fsp3) is 0.320.